The molecule has 0 atom stereocenters. The van der Waals surface area contributed by atoms with Crippen LogP contribution in [0.4, 0.5) is 15.8 Å². The molecule has 1 aromatic rings. The Morgan fingerprint density at radius 1 is 1.47 bits per heavy atom. The molecule has 1 fully saturated rings. The topological polar surface area (TPSA) is 63.5 Å². The summed E-state index contributed by atoms with van der Waals surface area (Å²) in [5, 5.41) is 11.0. The van der Waals surface area contributed by atoms with Crippen LogP contribution in [-0.4, -0.2) is 16.4 Å². The Morgan fingerprint density at radius 2 is 2.11 bits per heavy atom. The van der Waals surface area contributed by atoms with Crippen LogP contribution in [0, 0.1) is 15.9 Å². The van der Waals surface area contributed by atoms with Crippen LogP contribution in [0.25, 0.3) is 0 Å². The smallest absolute Gasteiger partial charge is 0.301 e. The molecule has 0 N–H and O–H groups in total. The fourth-order valence-electron chi connectivity index (χ4n) is 2.34. The molecule has 7 heteroatoms. The SMILES string of the molecule is CC1(C)CCC(=O)N1c1cc(Br)cc(F)c1[N+](=O)[O-]. The quantitative estimate of drug-likeness (QED) is 0.616. The maximum Gasteiger partial charge on any atom is 0.328 e. The van der Waals surface area contributed by atoms with Gasteiger partial charge in [-0.25, -0.2) is 0 Å². The average molecular weight is 331 g/mol. The van der Waals surface area contributed by atoms with E-state index >= 15 is 0 Å². The molecule has 5 nitrogen and oxygen atoms in total. The van der Waals surface area contributed by atoms with Gasteiger partial charge < -0.3 is 4.90 Å². The van der Waals surface area contributed by atoms with Crippen molar-refractivity contribution < 1.29 is 14.1 Å². The molecular weight excluding hydrogens is 319 g/mol. The van der Waals surface area contributed by atoms with Crippen molar-refractivity contribution in [2.24, 2.45) is 0 Å². The molecule has 0 spiro atoms. The van der Waals surface area contributed by atoms with E-state index in [1.807, 2.05) is 0 Å². The van der Waals surface area contributed by atoms with Crippen LogP contribution in [0.5, 0.6) is 0 Å². The van der Waals surface area contributed by atoms with Crippen LogP contribution < -0.4 is 4.90 Å². The lowest BCUT2D eigenvalue weighted by atomic mass is 10.0. The maximum atomic E-state index is 13.8. The van der Waals surface area contributed by atoms with Crippen LogP contribution in [0.15, 0.2) is 16.6 Å². The number of nitro groups is 1. The Balaban J connectivity index is 2.68. The molecule has 0 bridgehead atoms. The predicted octanol–water partition coefficient (Wildman–Crippen LogP) is 3.40. The minimum absolute atomic E-state index is 0.00405. The third-order valence-corrected chi connectivity index (χ3v) is 3.69. The number of benzene rings is 1. The highest BCUT2D eigenvalue weighted by Crippen LogP contribution is 2.41. The van der Waals surface area contributed by atoms with Crippen LogP contribution >= 0.6 is 15.9 Å². The molecule has 1 amide bonds. The fourth-order valence-corrected chi connectivity index (χ4v) is 2.76. The number of hydrogen-bond donors (Lipinski definition) is 0. The Labute approximate surface area is 117 Å². The summed E-state index contributed by atoms with van der Waals surface area (Å²) in [6.45, 7) is 3.61. The zero-order valence-corrected chi connectivity index (χ0v) is 12.0. The first kappa shape index (κ1) is 13.9. The first-order valence-electron chi connectivity index (χ1n) is 5.70. The molecule has 19 heavy (non-hydrogen) atoms. The Kier molecular flexibility index (Phi) is 3.34. The van der Waals surface area contributed by atoms with E-state index in [1.54, 1.807) is 13.8 Å². The largest absolute Gasteiger partial charge is 0.328 e. The molecule has 1 heterocycles. The Hall–Kier alpha value is -1.50. The van der Waals surface area contributed by atoms with Crippen molar-refractivity contribution in [2.45, 2.75) is 32.2 Å². The summed E-state index contributed by atoms with van der Waals surface area (Å²) in [6.07, 6.45) is 0.884. The van der Waals surface area contributed by atoms with E-state index in [4.69, 9.17) is 0 Å². The van der Waals surface area contributed by atoms with E-state index in [-0.39, 0.29) is 11.6 Å². The lowest BCUT2D eigenvalue weighted by Gasteiger charge is -2.31. The molecule has 2 rings (SSSR count). The summed E-state index contributed by atoms with van der Waals surface area (Å²) in [6, 6.07) is 2.43. The van der Waals surface area contributed by atoms with Crippen molar-refractivity contribution in [1.29, 1.82) is 0 Å². The number of carbonyl (C=O) groups is 1. The predicted molar refractivity (Wildman–Crippen MR) is 71.6 cm³/mol. The van der Waals surface area contributed by atoms with E-state index in [0.717, 1.165) is 6.07 Å². The Bertz CT molecular complexity index is 574. The molecule has 0 aliphatic carbocycles. The molecule has 1 aliphatic heterocycles. The fraction of sp³-hybridized carbons (Fsp3) is 0.417. The minimum atomic E-state index is -0.954. The monoisotopic (exact) mass is 330 g/mol. The molecular formula is C12H12BrFN2O3. The number of nitro benzene ring substituents is 1. The Morgan fingerprint density at radius 3 is 2.58 bits per heavy atom. The minimum Gasteiger partial charge on any atom is -0.301 e. The molecule has 1 aromatic carbocycles. The van der Waals surface area contributed by atoms with Gasteiger partial charge in [0.1, 0.15) is 5.69 Å². The molecule has 0 radical (unpaired) electrons. The summed E-state index contributed by atoms with van der Waals surface area (Å²) in [5.41, 5.74) is -1.22. The summed E-state index contributed by atoms with van der Waals surface area (Å²) in [7, 11) is 0. The highest BCUT2D eigenvalue weighted by molar-refractivity contribution is 9.10. The van der Waals surface area contributed by atoms with Crippen LogP contribution in [0.2, 0.25) is 0 Å². The summed E-state index contributed by atoms with van der Waals surface area (Å²) >= 11 is 3.10. The first-order valence-corrected chi connectivity index (χ1v) is 6.50. The van der Waals surface area contributed by atoms with Crippen molar-refractivity contribution in [3.05, 3.63) is 32.5 Å². The summed E-state index contributed by atoms with van der Waals surface area (Å²) < 4.78 is 14.1. The van der Waals surface area contributed by atoms with Gasteiger partial charge in [-0.05, 0) is 32.4 Å². The lowest BCUT2D eigenvalue weighted by Crippen LogP contribution is -2.41. The van der Waals surface area contributed by atoms with E-state index < -0.39 is 22.0 Å². The standard InChI is InChI=1S/C12H12BrFN2O3/c1-12(2)4-3-10(17)15(12)9-6-7(13)5-8(14)11(9)16(18)19/h5-6H,3-4H2,1-2H3. The highest BCUT2D eigenvalue weighted by Gasteiger charge is 2.42. The normalized spacial score (nSPS) is 17.9. The van der Waals surface area contributed by atoms with Crippen molar-refractivity contribution >= 4 is 33.2 Å². The van der Waals surface area contributed by atoms with E-state index in [0.29, 0.717) is 17.3 Å². The second-order valence-electron chi connectivity index (χ2n) is 5.05. The zero-order valence-electron chi connectivity index (χ0n) is 10.4. The molecule has 0 unspecified atom stereocenters. The van der Waals surface area contributed by atoms with E-state index in [9.17, 15) is 19.3 Å². The van der Waals surface area contributed by atoms with Crippen molar-refractivity contribution in [1.82, 2.24) is 0 Å². The van der Waals surface area contributed by atoms with Gasteiger partial charge in [0.2, 0.25) is 11.7 Å². The van der Waals surface area contributed by atoms with Gasteiger partial charge in [0.05, 0.1) is 4.92 Å². The molecule has 0 aromatic heterocycles. The lowest BCUT2D eigenvalue weighted by molar-refractivity contribution is -0.386. The van der Waals surface area contributed by atoms with Gasteiger partial charge in [0.25, 0.3) is 0 Å². The second kappa shape index (κ2) is 4.56. The third-order valence-electron chi connectivity index (χ3n) is 3.24. The number of rotatable bonds is 2. The number of hydrogen-bond acceptors (Lipinski definition) is 3. The maximum absolute atomic E-state index is 13.8. The zero-order chi connectivity index (χ0) is 14.4. The number of amides is 1. The van der Waals surface area contributed by atoms with Crippen molar-refractivity contribution in [3.8, 4) is 0 Å². The van der Waals surface area contributed by atoms with Gasteiger partial charge in [-0.15, -0.1) is 0 Å². The van der Waals surface area contributed by atoms with Gasteiger partial charge in [-0.3, -0.25) is 14.9 Å². The van der Waals surface area contributed by atoms with Gasteiger partial charge in [0, 0.05) is 16.4 Å². The van der Waals surface area contributed by atoms with E-state index in [1.165, 1.54) is 11.0 Å². The third kappa shape index (κ3) is 2.34. The van der Waals surface area contributed by atoms with Crippen molar-refractivity contribution in [3.63, 3.8) is 0 Å². The summed E-state index contributed by atoms with van der Waals surface area (Å²) in [5.74, 6) is -1.18. The molecule has 102 valence electrons. The molecule has 0 saturated carbocycles. The van der Waals surface area contributed by atoms with Gasteiger partial charge >= 0.3 is 5.69 Å². The van der Waals surface area contributed by atoms with Gasteiger partial charge in [0.15, 0.2) is 0 Å². The number of anilines is 1. The van der Waals surface area contributed by atoms with Gasteiger partial charge in [-0.1, -0.05) is 15.9 Å². The number of halogens is 2. The van der Waals surface area contributed by atoms with Crippen LogP contribution in [0.3, 0.4) is 0 Å². The van der Waals surface area contributed by atoms with Crippen LogP contribution in [-0.2, 0) is 4.79 Å². The number of carbonyl (C=O) groups excluding carboxylic acids is 1. The highest BCUT2D eigenvalue weighted by atomic mass is 79.9. The average Bonchev–Trinajstić information content (AvgIpc) is 2.50. The number of nitrogens with zero attached hydrogens (tertiary/aromatic N) is 2. The molecule has 1 aliphatic rings. The first-order chi connectivity index (χ1) is 8.74. The van der Waals surface area contributed by atoms with E-state index in [2.05, 4.69) is 15.9 Å². The van der Waals surface area contributed by atoms with Gasteiger partial charge in [-0.2, -0.15) is 4.39 Å². The van der Waals surface area contributed by atoms with Crippen molar-refractivity contribution in [2.75, 3.05) is 4.90 Å². The molecule has 1 saturated heterocycles. The van der Waals surface area contributed by atoms with Crippen LogP contribution in [0.1, 0.15) is 26.7 Å². The summed E-state index contributed by atoms with van der Waals surface area (Å²) in [4.78, 5) is 23.5. The second-order valence-corrected chi connectivity index (χ2v) is 5.97.